The van der Waals surface area contributed by atoms with Crippen LogP contribution in [-0.2, 0) is 37.9 Å². The van der Waals surface area contributed by atoms with E-state index in [1.165, 1.54) is 34.6 Å². The van der Waals surface area contributed by atoms with Crippen molar-refractivity contribution in [3.63, 3.8) is 0 Å². The molecule has 40 heavy (non-hydrogen) atoms. The van der Waals surface area contributed by atoms with E-state index in [-0.39, 0.29) is 27.9 Å². The first-order valence-electron chi connectivity index (χ1n) is 12.9. The lowest BCUT2D eigenvalue weighted by Gasteiger charge is -2.22. The van der Waals surface area contributed by atoms with Crippen molar-refractivity contribution in [3.8, 4) is 5.75 Å². The summed E-state index contributed by atoms with van der Waals surface area (Å²) >= 11 is 6.25. The van der Waals surface area contributed by atoms with Gasteiger partial charge in [0, 0.05) is 26.2 Å². The second-order valence-electron chi connectivity index (χ2n) is 9.32. The summed E-state index contributed by atoms with van der Waals surface area (Å²) in [7, 11) is -7.63. The van der Waals surface area contributed by atoms with Crippen LogP contribution in [0.3, 0.4) is 0 Å². The Balaban J connectivity index is 1.47. The van der Waals surface area contributed by atoms with Gasteiger partial charge in [0.1, 0.15) is 5.75 Å². The van der Waals surface area contributed by atoms with Crippen molar-refractivity contribution in [1.29, 1.82) is 0 Å². The van der Waals surface area contributed by atoms with Gasteiger partial charge < -0.3 is 10.1 Å². The molecule has 9 nitrogen and oxygen atoms in total. The molecule has 0 aromatic heterocycles. The summed E-state index contributed by atoms with van der Waals surface area (Å²) in [6.45, 7) is 2.87. The van der Waals surface area contributed by atoms with E-state index < -0.39 is 32.5 Å². The molecule has 4 rings (SSSR count). The van der Waals surface area contributed by atoms with E-state index in [4.69, 9.17) is 16.3 Å². The van der Waals surface area contributed by atoms with Crippen LogP contribution in [-0.4, -0.2) is 57.6 Å². The number of ether oxygens (including phenoxy) is 1. The molecule has 0 spiro atoms. The Morgan fingerprint density at radius 1 is 0.925 bits per heavy atom. The largest absolute Gasteiger partial charge is 0.492 e. The highest BCUT2D eigenvalue weighted by atomic mass is 35.5. The minimum atomic E-state index is -4.10. The van der Waals surface area contributed by atoms with E-state index in [1.807, 2.05) is 6.07 Å². The molecular weight excluding hydrogens is 574 g/mol. The van der Waals surface area contributed by atoms with Crippen LogP contribution in [0.15, 0.2) is 82.6 Å². The molecule has 1 amide bonds. The number of sulfonamides is 2. The van der Waals surface area contributed by atoms with Crippen molar-refractivity contribution in [2.24, 2.45) is 0 Å². The molecule has 12 heteroatoms. The molecule has 214 valence electrons. The van der Waals surface area contributed by atoms with Crippen LogP contribution in [0.5, 0.6) is 5.75 Å². The van der Waals surface area contributed by atoms with Crippen molar-refractivity contribution in [1.82, 2.24) is 13.9 Å². The van der Waals surface area contributed by atoms with Crippen molar-refractivity contribution in [3.05, 3.63) is 88.9 Å². The van der Waals surface area contributed by atoms with E-state index in [1.54, 1.807) is 43.3 Å². The standard InChI is InChI=1S/C28H32ClN3O6S2/c1-2-38-27-15-14-25(18-26(27)29)40(36,37)32(20-23-8-4-3-5-9-23)21-28(33)30-19-22-10-12-24(13-11-22)39(34,35)31-16-6-7-17-31/h3-5,8-15,18H,2,6-7,16-17,19-21H2,1H3,(H,30,33). The molecule has 3 aromatic carbocycles. The van der Waals surface area contributed by atoms with Crippen LogP contribution < -0.4 is 10.1 Å². The van der Waals surface area contributed by atoms with Crippen LogP contribution in [0, 0.1) is 0 Å². The number of amides is 1. The maximum Gasteiger partial charge on any atom is 0.243 e. The predicted molar refractivity (Wildman–Crippen MR) is 153 cm³/mol. The Labute approximate surface area is 240 Å². The number of carbonyl (C=O) groups is 1. The van der Waals surface area contributed by atoms with Gasteiger partial charge in [0.2, 0.25) is 26.0 Å². The van der Waals surface area contributed by atoms with E-state index >= 15 is 0 Å². The second kappa shape index (κ2) is 13.1. The van der Waals surface area contributed by atoms with Crippen LogP contribution in [0.4, 0.5) is 0 Å². The Hall–Kier alpha value is -2.96. The topological polar surface area (TPSA) is 113 Å². The Morgan fingerprint density at radius 3 is 2.20 bits per heavy atom. The number of benzene rings is 3. The van der Waals surface area contributed by atoms with E-state index in [9.17, 15) is 21.6 Å². The molecule has 1 saturated heterocycles. The van der Waals surface area contributed by atoms with Gasteiger partial charge in [-0.3, -0.25) is 4.79 Å². The molecule has 0 unspecified atom stereocenters. The number of halogens is 1. The molecule has 1 aliphatic rings. The summed E-state index contributed by atoms with van der Waals surface area (Å²) in [6, 6.07) is 19.5. The van der Waals surface area contributed by atoms with Crippen molar-refractivity contribution >= 4 is 37.6 Å². The molecular formula is C28H32ClN3O6S2. The monoisotopic (exact) mass is 605 g/mol. The normalized spacial score (nSPS) is 14.4. The maximum atomic E-state index is 13.6. The molecule has 1 N–H and O–H groups in total. The van der Waals surface area contributed by atoms with E-state index in [0.717, 1.165) is 17.1 Å². The minimum absolute atomic E-state index is 0.0233. The van der Waals surface area contributed by atoms with E-state index in [2.05, 4.69) is 5.32 Å². The average Bonchev–Trinajstić information content (AvgIpc) is 3.50. The van der Waals surface area contributed by atoms with Crippen LogP contribution in [0.25, 0.3) is 0 Å². The summed E-state index contributed by atoms with van der Waals surface area (Å²) in [5, 5.41) is 2.89. The third-order valence-electron chi connectivity index (χ3n) is 6.48. The fraction of sp³-hybridized carbons (Fsp3) is 0.321. The lowest BCUT2D eigenvalue weighted by Crippen LogP contribution is -2.40. The van der Waals surface area contributed by atoms with Gasteiger partial charge in [0.25, 0.3) is 0 Å². The maximum absolute atomic E-state index is 13.6. The summed E-state index contributed by atoms with van der Waals surface area (Å²) in [5.41, 5.74) is 1.40. The fourth-order valence-corrected chi connectivity index (χ4v) is 7.58. The van der Waals surface area contributed by atoms with Gasteiger partial charge in [0.05, 0.1) is 28.0 Å². The van der Waals surface area contributed by atoms with Gasteiger partial charge in [-0.1, -0.05) is 54.1 Å². The van der Waals surface area contributed by atoms with Crippen LogP contribution in [0.1, 0.15) is 30.9 Å². The number of nitrogens with zero attached hydrogens (tertiary/aromatic N) is 2. The molecule has 0 bridgehead atoms. The summed E-state index contributed by atoms with van der Waals surface area (Å²) in [4.78, 5) is 13.1. The smallest absolute Gasteiger partial charge is 0.243 e. The fourth-order valence-electron chi connectivity index (χ4n) is 4.35. The number of carbonyl (C=O) groups excluding carboxylic acids is 1. The number of hydrogen-bond donors (Lipinski definition) is 1. The highest BCUT2D eigenvalue weighted by Crippen LogP contribution is 2.29. The molecule has 0 atom stereocenters. The first-order valence-corrected chi connectivity index (χ1v) is 16.2. The van der Waals surface area contributed by atoms with Crippen molar-refractivity contribution < 1.29 is 26.4 Å². The Bertz CT molecular complexity index is 1530. The lowest BCUT2D eigenvalue weighted by atomic mass is 10.2. The second-order valence-corrected chi connectivity index (χ2v) is 13.6. The Morgan fingerprint density at radius 2 is 1.57 bits per heavy atom. The first kappa shape index (κ1) is 30.0. The third kappa shape index (κ3) is 7.21. The quantitative estimate of drug-likeness (QED) is 0.334. The lowest BCUT2D eigenvalue weighted by molar-refractivity contribution is -0.121. The number of hydrogen-bond acceptors (Lipinski definition) is 6. The van der Waals surface area contributed by atoms with Gasteiger partial charge in [-0.15, -0.1) is 0 Å². The van der Waals surface area contributed by atoms with Gasteiger partial charge in [-0.05, 0) is 61.2 Å². The summed E-state index contributed by atoms with van der Waals surface area (Å²) in [5.74, 6) is -0.139. The molecule has 0 aliphatic carbocycles. The SMILES string of the molecule is CCOc1ccc(S(=O)(=O)N(CC(=O)NCc2ccc(S(=O)(=O)N3CCCC3)cc2)Cc2ccccc2)cc1Cl. The van der Waals surface area contributed by atoms with Gasteiger partial charge in [-0.25, -0.2) is 16.8 Å². The zero-order valence-electron chi connectivity index (χ0n) is 22.1. The number of rotatable bonds is 12. The zero-order chi connectivity index (χ0) is 28.8. The molecule has 0 saturated carbocycles. The minimum Gasteiger partial charge on any atom is -0.492 e. The highest BCUT2D eigenvalue weighted by molar-refractivity contribution is 7.89. The molecule has 3 aromatic rings. The average molecular weight is 606 g/mol. The van der Waals surface area contributed by atoms with Crippen LogP contribution in [0.2, 0.25) is 5.02 Å². The highest BCUT2D eigenvalue weighted by Gasteiger charge is 2.29. The summed E-state index contributed by atoms with van der Waals surface area (Å²) in [6.07, 6.45) is 1.71. The predicted octanol–water partition coefficient (Wildman–Crippen LogP) is 4.03. The molecule has 1 aliphatic heterocycles. The number of nitrogens with one attached hydrogen (secondary N) is 1. The van der Waals surface area contributed by atoms with E-state index in [0.29, 0.717) is 36.6 Å². The van der Waals surface area contributed by atoms with Crippen molar-refractivity contribution in [2.75, 3.05) is 26.2 Å². The van der Waals surface area contributed by atoms with Gasteiger partial charge >= 0.3 is 0 Å². The Kier molecular flexibility index (Phi) is 9.85. The van der Waals surface area contributed by atoms with Crippen molar-refractivity contribution in [2.45, 2.75) is 42.6 Å². The summed E-state index contributed by atoms with van der Waals surface area (Å²) < 4.78 is 60.7. The zero-order valence-corrected chi connectivity index (χ0v) is 24.5. The molecule has 1 heterocycles. The third-order valence-corrected chi connectivity index (χ3v) is 10.5. The van der Waals surface area contributed by atoms with Crippen LogP contribution >= 0.6 is 11.6 Å². The van der Waals surface area contributed by atoms with Gasteiger partial charge in [-0.2, -0.15) is 8.61 Å². The van der Waals surface area contributed by atoms with Gasteiger partial charge in [0.15, 0.2) is 0 Å². The first-order chi connectivity index (χ1) is 19.1. The molecule has 1 fully saturated rings. The molecule has 0 radical (unpaired) electrons.